The molecule has 2 rings (SSSR count). The zero-order valence-electron chi connectivity index (χ0n) is 11.9. The van der Waals surface area contributed by atoms with Crippen molar-refractivity contribution in [1.82, 2.24) is 5.32 Å². The number of alkyl halides is 1. The van der Waals surface area contributed by atoms with Gasteiger partial charge in [-0.2, -0.15) is 0 Å². The quantitative estimate of drug-likeness (QED) is 0.812. The smallest absolute Gasteiger partial charge is 0.262 e. The molecule has 0 radical (unpaired) electrons. The Morgan fingerprint density at radius 3 is 2.45 bits per heavy atom. The monoisotopic (exact) mass is 351 g/mol. The second-order valence-corrected chi connectivity index (χ2v) is 6.95. The highest BCUT2D eigenvalue weighted by molar-refractivity contribution is 9.09. The maximum absolute atomic E-state index is 12.4. The Kier molecular flexibility index (Phi) is 4.66. The first-order valence-electron chi connectivity index (χ1n) is 6.47. The third kappa shape index (κ3) is 3.13. The molecule has 4 heteroatoms. The lowest BCUT2D eigenvalue weighted by atomic mass is 9.94. The summed E-state index contributed by atoms with van der Waals surface area (Å²) in [7, 11) is 0. The Hall–Kier alpha value is -1.13. The molecule has 1 amide bonds. The van der Waals surface area contributed by atoms with Crippen molar-refractivity contribution in [2.45, 2.75) is 26.3 Å². The summed E-state index contributed by atoms with van der Waals surface area (Å²) < 4.78 is 0. The molecule has 0 aliphatic carbocycles. The van der Waals surface area contributed by atoms with Gasteiger partial charge in [-0.3, -0.25) is 4.79 Å². The first-order chi connectivity index (χ1) is 9.46. The van der Waals surface area contributed by atoms with E-state index in [1.807, 2.05) is 57.2 Å². The fourth-order valence-electron chi connectivity index (χ4n) is 1.99. The fourth-order valence-corrected chi connectivity index (χ4v) is 3.38. The summed E-state index contributed by atoms with van der Waals surface area (Å²) in [4.78, 5) is 14.4. The van der Waals surface area contributed by atoms with Crippen LogP contribution in [0.4, 0.5) is 0 Å². The van der Waals surface area contributed by atoms with Crippen molar-refractivity contribution in [3.63, 3.8) is 0 Å². The van der Waals surface area contributed by atoms with Gasteiger partial charge in [-0.25, -0.2) is 0 Å². The van der Waals surface area contributed by atoms with Gasteiger partial charge in [0.1, 0.15) is 0 Å². The van der Waals surface area contributed by atoms with Crippen molar-refractivity contribution in [2.75, 3.05) is 5.33 Å². The van der Waals surface area contributed by atoms with E-state index in [2.05, 4.69) is 21.2 Å². The Bertz CT molecular complexity index is 589. The summed E-state index contributed by atoms with van der Waals surface area (Å²) in [5.74, 6) is -0.0167. The highest BCUT2D eigenvalue weighted by atomic mass is 79.9. The van der Waals surface area contributed by atoms with Crippen LogP contribution >= 0.6 is 27.3 Å². The van der Waals surface area contributed by atoms with E-state index < -0.39 is 5.54 Å². The van der Waals surface area contributed by atoms with Crippen LogP contribution in [0.5, 0.6) is 0 Å². The number of rotatable bonds is 4. The van der Waals surface area contributed by atoms with Crippen LogP contribution in [0.2, 0.25) is 0 Å². The predicted molar refractivity (Wildman–Crippen MR) is 88.8 cm³/mol. The van der Waals surface area contributed by atoms with Crippen molar-refractivity contribution >= 4 is 33.2 Å². The van der Waals surface area contributed by atoms with Crippen molar-refractivity contribution < 1.29 is 4.79 Å². The molecular formula is C16H18BrNOS. The lowest BCUT2D eigenvalue weighted by Gasteiger charge is -2.29. The van der Waals surface area contributed by atoms with Crippen molar-refractivity contribution in [3.8, 4) is 0 Å². The molecule has 0 aliphatic rings. The maximum atomic E-state index is 12.4. The van der Waals surface area contributed by atoms with E-state index in [1.165, 1.54) is 10.4 Å². The van der Waals surface area contributed by atoms with Gasteiger partial charge < -0.3 is 5.32 Å². The number of benzene rings is 1. The van der Waals surface area contributed by atoms with E-state index in [0.29, 0.717) is 5.33 Å². The van der Waals surface area contributed by atoms with E-state index in [0.717, 1.165) is 10.4 Å². The lowest BCUT2D eigenvalue weighted by Crippen LogP contribution is -2.44. The molecule has 2 aromatic rings. The molecule has 0 saturated carbocycles. The number of hydrogen-bond acceptors (Lipinski definition) is 2. The molecule has 0 spiro atoms. The Balaban J connectivity index is 2.24. The van der Waals surface area contributed by atoms with Crippen molar-refractivity contribution in [2.24, 2.45) is 0 Å². The van der Waals surface area contributed by atoms with Gasteiger partial charge in [0.15, 0.2) is 0 Å². The van der Waals surface area contributed by atoms with Crippen LogP contribution in [0.25, 0.3) is 0 Å². The molecule has 0 fully saturated rings. The van der Waals surface area contributed by atoms with Gasteiger partial charge in [-0.1, -0.05) is 46.3 Å². The normalized spacial score (nSPS) is 13.8. The summed E-state index contributed by atoms with van der Waals surface area (Å²) in [6.45, 7) is 6.10. The van der Waals surface area contributed by atoms with E-state index in [4.69, 9.17) is 0 Å². The number of hydrogen-bond donors (Lipinski definition) is 1. The zero-order chi connectivity index (χ0) is 14.8. The summed E-state index contributed by atoms with van der Waals surface area (Å²) in [6.07, 6.45) is 0. The summed E-state index contributed by atoms with van der Waals surface area (Å²) in [5.41, 5.74) is 1.85. The summed E-state index contributed by atoms with van der Waals surface area (Å²) in [5, 5.41) is 3.81. The molecule has 1 N–H and O–H groups in total. The average Bonchev–Trinajstić information content (AvgIpc) is 2.79. The third-order valence-corrected chi connectivity index (χ3v) is 5.73. The lowest BCUT2D eigenvalue weighted by molar-refractivity contribution is 0.0918. The highest BCUT2D eigenvalue weighted by Crippen LogP contribution is 2.26. The van der Waals surface area contributed by atoms with Crippen LogP contribution in [0.1, 0.15) is 32.6 Å². The number of aryl methyl sites for hydroxylation is 2. The number of thiophene rings is 1. The molecule has 1 unspecified atom stereocenters. The SMILES string of the molecule is Cc1cc(C(=O)NC(C)(CBr)c2ccccc2)sc1C. The van der Waals surface area contributed by atoms with Gasteiger partial charge in [0.25, 0.3) is 5.91 Å². The first-order valence-corrected chi connectivity index (χ1v) is 8.41. The standard InChI is InChI=1S/C16H18BrNOS/c1-11-9-14(20-12(11)2)15(19)18-16(3,10-17)13-7-5-4-6-8-13/h4-9H,10H2,1-3H3,(H,18,19). The van der Waals surface area contributed by atoms with Gasteiger partial charge in [-0.05, 0) is 38.0 Å². The van der Waals surface area contributed by atoms with Crippen LogP contribution in [-0.2, 0) is 5.54 Å². The Morgan fingerprint density at radius 2 is 1.95 bits per heavy atom. The van der Waals surface area contributed by atoms with Gasteiger partial charge in [-0.15, -0.1) is 11.3 Å². The van der Waals surface area contributed by atoms with Crippen LogP contribution in [-0.4, -0.2) is 11.2 Å². The average molecular weight is 352 g/mol. The van der Waals surface area contributed by atoms with Crippen LogP contribution in [0.3, 0.4) is 0 Å². The van der Waals surface area contributed by atoms with Crippen LogP contribution in [0.15, 0.2) is 36.4 Å². The van der Waals surface area contributed by atoms with Crippen LogP contribution in [0, 0.1) is 13.8 Å². The van der Waals surface area contributed by atoms with E-state index in [-0.39, 0.29) is 5.91 Å². The van der Waals surface area contributed by atoms with Gasteiger partial charge in [0.2, 0.25) is 0 Å². The molecule has 1 aromatic heterocycles. The molecule has 0 bridgehead atoms. The molecule has 0 aliphatic heterocycles. The zero-order valence-corrected chi connectivity index (χ0v) is 14.3. The number of carbonyl (C=O) groups excluding carboxylic acids is 1. The summed E-state index contributed by atoms with van der Waals surface area (Å²) >= 11 is 5.06. The van der Waals surface area contributed by atoms with Crippen molar-refractivity contribution in [1.29, 1.82) is 0 Å². The minimum atomic E-state index is -0.413. The molecular weight excluding hydrogens is 334 g/mol. The first kappa shape index (κ1) is 15.3. The second-order valence-electron chi connectivity index (χ2n) is 5.14. The molecule has 2 nitrogen and oxygen atoms in total. The fraction of sp³-hybridized carbons (Fsp3) is 0.312. The topological polar surface area (TPSA) is 29.1 Å². The van der Waals surface area contributed by atoms with E-state index in [9.17, 15) is 4.79 Å². The Morgan fingerprint density at radius 1 is 1.30 bits per heavy atom. The molecule has 1 aromatic carbocycles. The minimum absolute atomic E-state index is 0.0167. The third-order valence-electron chi connectivity index (χ3n) is 3.46. The van der Waals surface area contributed by atoms with E-state index >= 15 is 0 Å². The molecule has 1 atom stereocenters. The molecule has 1 heterocycles. The van der Waals surface area contributed by atoms with Gasteiger partial charge in [0.05, 0.1) is 10.4 Å². The van der Waals surface area contributed by atoms with Gasteiger partial charge in [0, 0.05) is 10.2 Å². The largest absolute Gasteiger partial charge is 0.341 e. The van der Waals surface area contributed by atoms with Gasteiger partial charge >= 0.3 is 0 Å². The maximum Gasteiger partial charge on any atom is 0.262 e. The number of nitrogens with one attached hydrogen (secondary N) is 1. The second kappa shape index (κ2) is 6.10. The molecule has 106 valence electrons. The van der Waals surface area contributed by atoms with Crippen molar-refractivity contribution in [3.05, 3.63) is 57.3 Å². The minimum Gasteiger partial charge on any atom is -0.341 e. The molecule has 20 heavy (non-hydrogen) atoms. The summed E-state index contributed by atoms with van der Waals surface area (Å²) in [6, 6.07) is 12.0. The number of halogens is 1. The number of amides is 1. The Labute approximate surface area is 132 Å². The highest BCUT2D eigenvalue weighted by Gasteiger charge is 2.28. The van der Waals surface area contributed by atoms with Crippen LogP contribution < -0.4 is 5.32 Å². The predicted octanol–water partition coefficient (Wildman–Crippen LogP) is 4.41. The molecule has 0 saturated heterocycles. The number of carbonyl (C=O) groups is 1. The van der Waals surface area contributed by atoms with E-state index in [1.54, 1.807) is 11.3 Å².